The molecule has 0 N–H and O–H groups in total. The topological polar surface area (TPSA) is 114 Å². The summed E-state index contributed by atoms with van der Waals surface area (Å²) in [7, 11) is -11.4. The average Bonchev–Trinajstić information content (AvgIpc) is 2.67. The van der Waals surface area contributed by atoms with Crippen LogP contribution in [0.5, 0.6) is 0 Å². The molecule has 148 valence electrons. The molecular formula is C21H14Na2O6S2. The minimum atomic E-state index is -5.72. The number of hydrogen-bond acceptors (Lipinski definition) is 6. The van der Waals surface area contributed by atoms with Gasteiger partial charge in [-0.25, -0.2) is 16.8 Å². The van der Waals surface area contributed by atoms with E-state index < -0.39 is 24.3 Å². The Balaban J connectivity index is 0.00000171. The van der Waals surface area contributed by atoms with Gasteiger partial charge < -0.3 is 9.11 Å². The van der Waals surface area contributed by atoms with Gasteiger partial charge in [0.05, 0.1) is 0 Å². The first-order chi connectivity index (χ1) is 13.7. The van der Waals surface area contributed by atoms with Crippen molar-refractivity contribution in [3.8, 4) is 0 Å². The van der Waals surface area contributed by atoms with Gasteiger partial charge in [-0.2, -0.15) is 0 Å². The van der Waals surface area contributed by atoms with E-state index in [4.69, 9.17) is 0 Å². The third-order valence-electron chi connectivity index (χ3n) is 4.99. The van der Waals surface area contributed by atoms with Crippen LogP contribution in [0.4, 0.5) is 0 Å². The van der Waals surface area contributed by atoms with Crippen molar-refractivity contribution >= 4 is 41.8 Å². The summed E-state index contributed by atoms with van der Waals surface area (Å²) in [6.07, 6.45) is 0. The van der Waals surface area contributed by atoms with E-state index in [2.05, 4.69) is 0 Å². The minimum Gasteiger partial charge on any atom is -0.746 e. The monoisotopic (exact) mass is 472 g/mol. The van der Waals surface area contributed by atoms with Gasteiger partial charge in [-0.3, -0.25) is 0 Å². The molecule has 10 heteroatoms. The van der Waals surface area contributed by atoms with Crippen LogP contribution in [0.1, 0.15) is 11.1 Å². The molecule has 0 fully saturated rings. The Morgan fingerprint density at radius 3 is 1.19 bits per heavy atom. The van der Waals surface area contributed by atoms with Gasteiger partial charge in [-0.15, -0.1) is 0 Å². The summed E-state index contributed by atoms with van der Waals surface area (Å²) in [6, 6.07) is 21.3. The zero-order valence-corrected chi connectivity index (χ0v) is 22.5. The maximum Gasteiger partial charge on any atom is 1.00 e. The van der Waals surface area contributed by atoms with Gasteiger partial charge in [0.15, 0.2) is 0 Å². The van der Waals surface area contributed by atoms with E-state index in [-0.39, 0.29) is 81.0 Å². The Kier molecular flexibility index (Phi) is 8.20. The van der Waals surface area contributed by atoms with E-state index in [1.165, 1.54) is 36.4 Å². The van der Waals surface area contributed by atoms with E-state index in [1.807, 2.05) is 0 Å². The summed E-state index contributed by atoms with van der Waals surface area (Å²) in [4.78, 5) is 0. The first-order valence-electron chi connectivity index (χ1n) is 8.55. The molecule has 31 heavy (non-hydrogen) atoms. The van der Waals surface area contributed by atoms with Crippen molar-refractivity contribution in [3.63, 3.8) is 0 Å². The normalized spacial score (nSPS) is 12.2. The van der Waals surface area contributed by atoms with Crippen molar-refractivity contribution in [1.29, 1.82) is 0 Å². The van der Waals surface area contributed by atoms with Crippen molar-refractivity contribution in [2.24, 2.45) is 0 Å². The molecule has 4 aromatic carbocycles. The molecule has 0 aliphatic rings. The first kappa shape index (κ1) is 26.5. The molecule has 0 aromatic heterocycles. The van der Waals surface area contributed by atoms with Crippen molar-refractivity contribution in [2.45, 2.75) is 4.08 Å². The first-order valence-corrected chi connectivity index (χ1v) is 11.4. The predicted octanol–water partition coefficient (Wildman–Crippen LogP) is -2.71. The minimum absolute atomic E-state index is 0. The van der Waals surface area contributed by atoms with Crippen LogP contribution < -0.4 is 59.1 Å². The maximum atomic E-state index is 12.7. The van der Waals surface area contributed by atoms with Gasteiger partial charge in [-0.1, -0.05) is 84.9 Å². The SMILES string of the molecule is O=S(=O)([O-])C(c1cccc2ccccc12)(c1cccc2ccccc12)S(=O)(=O)[O-].[Na+].[Na+]. The molecule has 0 heterocycles. The van der Waals surface area contributed by atoms with E-state index in [0.29, 0.717) is 10.8 Å². The Hall–Kier alpha value is -0.780. The van der Waals surface area contributed by atoms with Crippen LogP contribution in [0.2, 0.25) is 0 Å². The maximum absolute atomic E-state index is 12.7. The fourth-order valence-corrected chi connectivity index (χ4v) is 6.62. The van der Waals surface area contributed by atoms with Crippen molar-refractivity contribution in [2.75, 3.05) is 0 Å². The Bertz CT molecular complexity index is 1340. The van der Waals surface area contributed by atoms with Gasteiger partial charge in [-0.05, 0) is 32.7 Å². The van der Waals surface area contributed by atoms with Crippen LogP contribution in [0.15, 0.2) is 84.9 Å². The molecular weight excluding hydrogens is 458 g/mol. The summed E-state index contributed by atoms with van der Waals surface area (Å²) in [6.45, 7) is 0. The van der Waals surface area contributed by atoms with Gasteiger partial charge >= 0.3 is 59.1 Å². The quantitative estimate of drug-likeness (QED) is 0.236. The van der Waals surface area contributed by atoms with E-state index in [9.17, 15) is 25.9 Å². The van der Waals surface area contributed by atoms with Gasteiger partial charge in [0.2, 0.25) is 4.08 Å². The van der Waals surface area contributed by atoms with E-state index in [0.717, 1.165) is 0 Å². The summed E-state index contributed by atoms with van der Waals surface area (Å²) in [5, 5.41) is 1.40. The fraction of sp³-hybridized carbons (Fsp3) is 0.0476. The number of benzene rings is 4. The molecule has 0 amide bonds. The fourth-order valence-electron chi connectivity index (χ4n) is 3.83. The van der Waals surface area contributed by atoms with Gasteiger partial charge in [0.25, 0.3) is 0 Å². The zero-order chi connectivity index (χ0) is 20.9. The van der Waals surface area contributed by atoms with Crippen LogP contribution in [0.3, 0.4) is 0 Å². The molecule has 0 spiro atoms. The second-order valence-corrected chi connectivity index (χ2v) is 9.88. The summed E-state index contributed by atoms with van der Waals surface area (Å²) in [5.41, 5.74) is -0.756. The van der Waals surface area contributed by atoms with Crippen LogP contribution >= 0.6 is 0 Å². The predicted molar refractivity (Wildman–Crippen MR) is 108 cm³/mol. The third-order valence-corrected chi connectivity index (χ3v) is 8.51. The third kappa shape index (κ3) is 4.27. The summed E-state index contributed by atoms with van der Waals surface area (Å²) >= 11 is 0. The van der Waals surface area contributed by atoms with E-state index in [1.54, 1.807) is 48.5 Å². The molecule has 0 aliphatic heterocycles. The zero-order valence-electron chi connectivity index (χ0n) is 16.8. The second-order valence-electron chi connectivity index (χ2n) is 6.58. The molecule has 0 saturated heterocycles. The van der Waals surface area contributed by atoms with E-state index >= 15 is 0 Å². The molecule has 0 atom stereocenters. The summed E-state index contributed by atoms with van der Waals surface area (Å²) in [5.74, 6) is 0. The molecule has 0 bridgehead atoms. The molecule has 6 nitrogen and oxygen atoms in total. The van der Waals surface area contributed by atoms with Gasteiger partial charge in [0, 0.05) is 0 Å². The van der Waals surface area contributed by atoms with Crippen LogP contribution in [-0.2, 0) is 24.3 Å². The second kappa shape index (κ2) is 9.61. The Labute approximate surface area is 224 Å². The van der Waals surface area contributed by atoms with Crippen LogP contribution in [0, 0.1) is 0 Å². The molecule has 0 radical (unpaired) electrons. The van der Waals surface area contributed by atoms with Crippen LogP contribution in [0.25, 0.3) is 21.5 Å². The van der Waals surface area contributed by atoms with Crippen molar-refractivity contribution in [1.82, 2.24) is 0 Å². The average molecular weight is 472 g/mol. The number of rotatable bonds is 4. The van der Waals surface area contributed by atoms with Crippen LogP contribution in [-0.4, -0.2) is 25.9 Å². The number of fused-ring (bicyclic) bond motifs is 2. The van der Waals surface area contributed by atoms with Crippen molar-refractivity contribution in [3.05, 3.63) is 96.1 Å². The molecule has 4 rings (SSSR count). The summed E-state index contributed by atoms with van der Waals surface area (Å²) < 4.78 is 72.6. The van der Waals surface area contributed by atoms with Gasteiger partial charge in [0.1, 0.15) is 20.2 Å². The molecule has 0 aliphatic carbocycles. The smallest absolute Gasteiger partial charge is 0.746 e. The Morgan fingerprint density at radius 2 is 0.839 bits per heavy atom. The van der Waals surface area contributed by atoms with Crippen molar-refractivity contribution < 1.29 is 85.1 Å². The number of hydrogen-bond donors (Lipinski definition) is 0. The molecule has 4 aromatic rings. The molecule has 0 saturated carbocycles. The Morgan fingerprint density at radius 1 is 0.516 bits per heavy atom. The standard InChI is InChI=1S/C21H16O6S2.2Na/c22-28(23,24)21(29(25,26)27,19-13-5-9-15-7-1-3-11-17(15)19)20-14-6-10-16-8-2-4-12-18(16)20;;/h1-14H,(H,22,23,24)(H,25,26,27);;/q;2*+1/p-2. The molecule has 0 unspecified atom stereocenters. The largest absolute Gasteiger partial charge is 1.00 e.